The van der Waals surface area contributed by atoms with Gasteiger partial charge in [0.2, 0.25) is 5.76 Å². The van der Waals surface area contributed by atoms with E-state index in [-0.39, 0.29) is 10.7 Å². The number of carbonyl (C=O) groups excluding carboxylic acids is 1. The third-order valence-corrected chi connectivity index (χ3v) is 10.1. The molecular formula is C35H36N4O5S. The van der Waals surface area contributed by atoms with Crippen molar-refractivity contribution in [2.24, 2.45) is 0 Å². The zero-order valence-electron chi connectivity index (χ0n) is 25.5. The number of aryl methyl sites for hydroxylation is 2. The lowest BCUT2D eigenvalue weighted by molar-refractivity contribution is 0.0492. The number of unbranched alkanes of at least 4 members (excludes halogenated alkanes) is 1. The van der Waals surface area contributed by atoms with Crippen LogP contribution in [-0.4, -0.2) is 62.6 Å². The summed E-state index contributed by atoms with van der Waals surface area (Å²) < 4.78 is 39.2. The van der Waals surface area contributed by atoms with Gasteiger partial charge in [0.15, 0.2) is 5.69 Å². The predicted octanol–water partition coefficient (Wildman–Crippen LogP) is 6.81. The summed E-state index contributed by atoms with van der Waals surface area (Å²) in [6.45, 7) is 16.1. The van der Waals surface area contributed by atoms with Gasteiger partial charge in [-0.15, -0.1) is 0 Å². The fourth-order valence-electron chi connectivity index (χ4n) is 5.96. The Morgan fingerprint density at radius 1 is 0.978 bits per heavy atom. The molecule has 2 aromatic heterocycles. The molecule has 0 saturated carbocycles. The number of carbonyl (C=O) groups is 1. The number of fused-ring (bicyclic) bond motifs is 2. The Balaban J connectivity index is 1.07. The minimum Gasteiger partial charge on any atom is -0.460 e. The van der Waals surface area contributed by atoms with Crippen LogP contribution in [0.15, 0.2) is 82.2 Å². The van der Waals surface area contributed by atoms with Gasteiger partial charge in [-0.05, 0) is 99.1 Å². The first kappa shape index (κ1) is 30.4. The number of esters is 1. The third kappa shape index (κ3) is 6.32. The molecule has 3 heterocycles. The highest BCUT2D eigenvalue weighted by Gasteiger charge is 2.22. The average molecular weight is 625 g/mol. The quantitative estimate of drug-likeness (QED) is 0.0959. The number of hydrogen-bond donors (Lipinski definition) is 0. The minimum atomic E-state index is -3.77. The lowest BCUT2D eigenvalue weighted by Crippen LogP contribution is -2.46. The number of rotatable bonds is 10. The summed E-state index contributed by atoms with van der Waals surface area (Å²) in [5.41, 5.74) is 4.81. The minimum absolute atomic E-state index is 0.220. The van der Waals surface area contributed by atoms with Gasteiger partial charge in [-0.1, -0.05) is 23.8 Å². The first-order valence-corrected chi connectivity index (χ1v) is 16.7. The van der Waals surface area contributed by atoms with Crippen LogP contribution in [0.4, 0.5) is 11.4 Å². The zero-order chi connectivity index (χ0) is 31.6. The number of piperazine rings is 1. The molecule has 45 heavy (non-hydrogen) atoms. The van der Waals surface area contributed by atoms with E-state index in [4.69, 9.17) is 15.7 Å². The topological polar surface area (TPSA) is 89.3 Å². The summed E-state index contributed by atoms with van der Waals surface area (Å²) in [6.07, 6.45) is 4.36. The highest BCUT2D eigenvalue weighted by Crippen LogP contribution is 2.31. The van der Waals surface area contributed by atoms with Crippen molar-refractivity contribution < 1.29 is 22.4 Å². The molecule has 1 aliphatic heterocycles. The highest BCUT2D eigenvalue weighted by atomic mass is 32.2. The number of hydrogen-bond acceptors (Lipinski definition) is 7. The van der Waals surface area contributed by atoms with Gasteiger partial charge in [-0.3, -0.25) is 4.90 Å². The maximum absolute atomic E-state index is 13.6. The molecule has 5 aromatic rings. The maximum atomic E-state index is 13.6. The van der Waals surface area contributed by atoms with Crippen LogP contribution in [0.3, 0.4) is 0 Å². The van der Waals surface area contributed by atoms with Gasteiger partial charge >= 0.3 is 5.97 Å². The zero-order valence-corrected chi connectivity index (χ0v) is 26.3. The molecule has 0 bridgehead atoms. The van der Waals surface area contributed by atoms with E-state index in [1.807, 2.05) is 19.1 Å². The van der Waals surface area contributed by atoms with Gasteiger partial charge in [0.1, 0.15) is 5.58 Å². The van der Waals surface area contributed by atoms with Crippen LogP contribution in [0.5, 0.6) is 0 Å². The summed E-state index contributed by atoms with van der Waals surface area (Å²) >= 11 is 0. The molecule has 0 spiro atoms. The van der Waals surface area contributed by atoms with Gasteiger partial charge in [-0.2, -0.15) is 0 Å². The molecule has 3 aromatic carbocycles. The second-order valence-electron chi connectivity index (χ2n) is 11.4. The van der Waals surface area contributed by atoms with E-state index < -0.39 is 16.0 Å². The van der Waals surface area contributed by atoms with Gasteiger partial charge in [0, 0.05) is 43.4 Å². The van der Waals surface area contributed by atoms with Crippen LogP contribution < -0.4 is 4.90 Å². The summed E-state index contributed by atoms with van der Waals surface area (Å²) in [4.78, 5) is 20.7. The molecule has 0 atom stereocenters. The fourth-order valence-corrected chi connectivity index (χ4v) is 7.35. The Hall–Kier alpha value is -4.59. The van der Waals surface area contributed by atoms with Gasteiger partial charge in [-0.25, -0.2) is 22.0 Å². The molecule has 1 saturated heterocycles. The van der Waals surface area contributed by atoms with Crippen LogP contribution >= 0.6 is 0 Å². The first-order valence-electron chi connectivity index (χ1n) is 15.3. The molecule has 9 nitrogen and oxygen atoms in total. The van der Waals surface area contributed by atoms with E-state index in [1.54, 1.807) is 61.7 Å². The number of benzene rings is 3. The van der Waals surface area contributed by atoms with Crippen LogP contribution in [-0.2, 0) is 21.2 Å². The normalized spacial score (nSPS) is 14.2. The van der Waals surface area contributed by atoms with Crippen molar-refractivity contribution in [1.29, 1.82) is 0 Å². The van der Waals surface area contributed by atoms with Crippen molar-refractivity contribution in [1.82, 2.24) is 8.87 Å². The van der Waals surface area contributed by atoms with Gasteiger partial charge in [0.05, 0.1) is 23.6 Å². The highest BCUT2D eigenvalue weighted by molar-refractivity contribution is 7.90. The molecule has 0 N–H and O–H groups in total. The third-order valence-electron chi connectivity index (χ3n) is 8.43. The second kappa shape index (κ2) is 12.8. The van der Waals surface area contributed by atoms with Crippen LogP contribution in [0.1, 0.15) is 41.4 Å². The molecular weight excluding hydrogens is 588 g/mol. The first-order chi connectivity index (χ1) is 21.8. The van der Waals surface area contributed by atoms with Crippen LogP contribution in [0.25, 0.3) is 26.7 Å². The number of furan rings is 1. The fraction of sp³-hybridized carbons (Fsp3) is 0.314. The predicted molar refractivity (Wildman–Crippen MR) is 176 cm³/mol. The molecule has 10 heteroatoms. The lowest BCUT2D eigenvalue weighted by atomic mass is 10.1. The summed E-state index contributed by atoms with van der Waals surface area (Å²) in [5.74, 6) is -0.229. The number of aromatic nitrogens is 1. The largest absolute Gasteiger partial charge is 0.460 e. The molecule has 0 radical (unpaired) electrons. The number of nitrogens with zero attached hydrogens (tertiary/aromatic N) is 4. The van der Waals surface area contributed by atoms with Gasteiger partial charge in [0.25, 0.3) is 10.0 Å². The average Bonchev–Trinajstić information content (AvgIpc) is 3.65. The van der Waals surface area contributed by atoms with Crippen molar-refractivity contribution in [3.63, 3.8) is 0 Å². The van der Waals surface area contributed by atoms with E-state index in [2.05, 4.69) is 20.7 Å². The maximum Gasteiger partial charge on any atom is 0.374 e. The van der Waals surface area contributed by atoms with E-state index in [9.17, 15) is 13.2 Å². The summed E-state index contributed by atoms with van der Waals surface area (Å²) in [6, 6.07) is 19.8. The monoisotopic (exact) mass is 624 g/mol. The Labute approximate surface area is 263 Å². The molecule has 232 valence electrons. The van der Waals surface area contributed by atoms with Gasteiger partial charge < -0.3 is 14.1 Å². The van der Waals surface area contributed by atoms with Crippen molar-refractivity contribution in [2.75, 3.05) is 44.2 Å². The lowest BCUT2D eigenvalue weighted by Gasteiger charge is -2.36. The van der Waals surface area contributed by atoms with Crippen LogP contribution in [0, 0.1) is 13.5 Å². The van der Waals surface area contributed by atoms with Crippen molar-refractivity contribution in [3.05, 3.63) is 101 Å². The smallest absolute Gasteiger partial charge is 0.374 e. The van der Waals surface area contributed by atoms with Crippen molar-refractivity contribution >= 4 is 49.2 Å². The summed E-state index contributed by atoms with van der Waals surface area (Å²) in [7, 11) is -3.77. The van der Waals surface area contributed by atoms with Crippen molar-refractivity contribution in [3.8, 4) is 0 Å². The standard InChI is InChI=1S/C35H36N4O5S/c1-4-43-35(40)34-22-27-21-29(11-15-33(27)44-34)38-19-17-37(18-20-38)16-6-5-7-26-24-39(32-14-10-28(36-3)23-31(26)32)45(41,42)30-12-8-25(2)9-13-30/h8-15,21-24H,4-7,16-20H2,1-2H3. The van der Waals surface area contributed by atoms with Crippen LogP contribution in [0.2, 0.25) is 0 Å². The number of ether oxygens (including phenoxy) is 1. The number of anilines is 1. The molecule has 0 unspecified atom stereocenters. The van der Waals surface area contributed by atoms with E-state index >= 15 is 0 Å². The van der Waals surface area contributed by atoms with E-state index in [0.717, 1.165) is 79.6 Å². The SMILES string of the molecule is [C-]#[N+]c1ccc2c(c1)c(CCCCN1CCN(c3ccc4oc(C(=O)OCC)cc4c3)CC1)cn2S(=O)(=O)c1ccc(C)cc1. The Kier molecular flexibility index (Phi) is 8.65. The molecule has 0 amide bonds. The Morgan fingerprint density at radius 3 is 2.49 bits per heavy atom. The summed E-state index contributed by atoms with van der Waals surface area (Å²) in [5, 5.41) is 1.70. The Morgan fingerprint density at radius 2 is 1.76 bits per heavy atom. The van der Waals surface area contributed by atoms with E-state index in [1.165, 1.54) is 3.97 Å². The molecule has 1 aliphatic rings. The molecule has 6 rings (SSSR count). The van der Waals surface area contributed by atoms with Crippen molar-refractivity contribution in [2.45, 2.75) is 38.0 Å². The molecule has 0 aliphatic carbocycles. The Bertz CT molecular complexity index is 2000. The second-order valence-corrected chi connectivity index (χ2v) is 13.2. The van der Waals surface area contributed by atoms with E-state index in [0.29, 0.717) is 23.4 Å². The molecule has 1 fully saturated rings.